The van der Waals surface area contributed by atoms with Crippen LogP contribution in [-0.4, -0.2) is 12.1 Å². The Bertz CT molecular complexity index is 533. The van der Waals surface area contributed by atoms with E-state index in [4.69, 9.17) is 10.6 Å². The van der Waals surface area contributed by atoms with E-state index in [0.717, 1.165) is 11.1 Å². The number of pyridine rings is 1. The molecule has 2 aromatic rings. The number of aromatic nitrogens is 1. The number of hydrogen-bond donors (Lipinski definition) is 2. The minimum atomic E-state index is -0.348. The highest BCUT2D eigenvalue weighted by atomic mass is 19.1. The van der Waals surface area contributed by atoms with E-state index in [1.807, 2.05) is 0 Å². The van der Waals surface area contributed by atoms with Gasteiger partial charge >= 0.3 is 0 Å². The highest BCUT2D eigenvalue weighted by molar-refractivity contribution is 5.39. The van der Waals surface area contributed by atoms with Crippen LogP contribution < -0.4 is 16.0 Å². The average Bonchev–Trinajstić information content (AvgIpc) is 2.40. The van der Waals surface area contributed by atoms with Gasteiger partial charge in [-0.3, -0.25) is 10.8 Å². The Hall–Kier alpha value is -1.98. The Morgan fingerprint density at radius 2 is 2.22 bits per heavy atom. The lowest BCUT2D eigenvalue weighted by atomic mass is 9.99. The molecule has 0 amide bonds. The third-order valence-electron chi connectivity index (χ3n) is 2.70. The predicted molar refractivity (Wildman–Crippen MR) is 66.4 cm³/mol. The van der Waals surface area contributed by atoms with Crippen LogP contribution >= 0.6 is 0 Å². The molecule has 1 aromatic heterocycles. The SMILES string of the molecule is COc1cnccc1C(NN)c1cccc(F)c1. The quantitative estimate of drug-likeness (QED) is 0.638. The number of hydrogen-bond acceptors (Lipinski definition) is 4. The topological polar surface area (TPSA) is 60.2 Å². The summed E-state index contributed by atoms with van der Waals surface area (Å²) in [5.41, 5.74) is 4.19. The molecule has 4 nitrogen and oxygen atoms in total. The van der Waals surface area contributed by atoms with E-state index in [2.05, 4.69) is 10.4 Å². The molecule has 0 saturated heterocycles. The maximum atomic E-state index is 13.2. The van der Waals surface area contributed by atoms with Crippen LogP contribution in [0, 0.1) is 5.82 Å². The summed E-state index contributed by atoms with van der Waals surface area (Å²) in [6.07, 6.45) is 3.24. The van der Waals surface area contributed by atoms with Gasteiger partial charge in [-0.15, -0.1) is 0 Å². The van der Waals surface area contributed by atoms with Crippen molar-refractivity contribution in [1.82, 2.24) is 10.4 Å². The number of nitrogens with two attached hydrogens (primary N) is 1. The molecule has 1 unspecified atom stereocenters. The second kappa shape index (κ2) is 5.57. The van der Waals surface area contributed by atoms with Crippen LogP contribution in [0.25, 0.3) is 0 Å². The Balaban J connectivity index is 2.45. The van der Waals surface area contributed by atoms with Gasteiger partial charge in [0.1, 0.15) is 11.6 Å². The fourth-order valence-electron chi connectivity index (χ4n) is 1.85. The Labute approximate surface area is 105 Å². The van der Waals surface area contributed by atoms with Crippen molar-refractivity contribution in [3.05, 3.63) is 59.7 Å². The number of methoxy groups -OCH3 is 1. The third kappa shape index (κ3) is 2.47. The summed E-state index contributed by atoms with van der Waals surface area (Å²) in [7, 11) is 1.56. The van der Waals surface area contributed by atoms with E-state index < -0.39 is 0 Å². The first-order valence-corrected chi connectivity index (χ1v) is 5.45. The van der Waals surface area contributed by atoms with Crippen molar-refractivity contribution < 1.29 is 9.13 Å². The molecule has 5 heteroatoms. The van der Waals surface area contributed by atoms with Gasteiger partial charge in [-0.25, -0.2) is 9.82 Å². The van der Waals surface area contributed by atoms with Gasteiger partial charge in [-0.05, 0) is 23.8 Å². The molecule has 0 aliphatic rings. The van der Waals surface area contributed by atoms with E-state index in [1.165, 1.54) is 12.1 Å². The van der Waals surface area contributed by atoms with Crippen LogP contribution in [0.4, 0.5) is 4.39 Å². The molecular formula is C13H14FN3O. The predicted octanol–water partition coefficient (Wildman–Crippen LogP) is 1.78. The van der Waals surface area contributed by atoms with Crippen LogP contribution in [0.2, 0.25) is 0 Å². The Morgan fingerprint density at radius 1 is 1.39 bits per heavy atom. The molecule has 0 fully saturated rings. The number of hydrazine groups is 1. The second-order valence-electron chi connectivity index (χ2n) is 3.77. The Kier molecular flexibility index (Phi) is 3.86. The lowest BCUT2D eigenvalue weighted by molar-refractivity contribution is 0.402. The highest BCUT2D eigenvalue weighted by Gasteiger charge is 2.17. The van der Waals surface area contributed by atoms with Crippen molar-refractivity contribution in [3.8, 4) is 5.75 Å². The van der Waals surface area contributed by atoms with Gasteiger partial charge in [0.15, 0.2) is 0 Å². The molecule has 0 aliphatic heterocycles. The maximum Gasteiger partial charge on any atom is 0.142 e. The number of nitrogens with zero attached hydrogens (tertiary/aromatic N) is 1. The third-order valence-corrected chi connectivity index (χ3v) is 2.70. The minimum absolute atomic E-state index is 0.305. The fraction of sp³-hybridized carbons (Fsp3) is 0.154. The summed E-state index contributed by atoms with van der Waals surface area (Å²) in [5.74, 6) is 5.86. The zero-order chi connectivity index (χ0) is 13.0. The van der Waals surface area contributed by atoms with E-state index in [-0.39, 0.29) is 11.9 Å². The molecule has 2 rings (SSSR count). The lowest BCUT2D eigenvalue weighted by Gasteiger charge is -2.19. The zero-order valence-electron chi connectivity index (χ0n) is 9.93. The molecule has 0 radical (unpaired) electrons. The molecule has 0 saturated carbocycles. The van der Waals surface area contributed by atoms with Crippen LogP contribution in [0.1, 0.15) is 17.2 Å². The van der Waals surface area contributed by atoms with Crippen molar-refractivity contribution >= 4 is 0 Å². The van der Waals surface area contributed by atoms with Crippen molar-refractivity contribution in [2.24, 2.45) is 5.84 Å². The largest absolute Gasteiger partial charge is 0.495 e. The van der Waals surface area contributed by atoms with E-state index in [1.54, 1.807) is 37.7 Å². The number of rotatable bonds is 4. The van der Waals surface area contributed by atoms with Gasteiger partial charge in [0, 0.05) is 11.8 Å². The maximum absolute atomic E-state index is 13.2. The molecule has 1 heterocycles. The fourth-order valence-corrected chi connectivity index (χ4v) is 1.85. The number of halogens is 1. The summed E-state index contributed by atoms with van der Waals surface area (Å²) in [6.45, 7) is 0. The first-order valence-electron chi connectivity index (χ1n) is 5.45. The van der Waals surface area contributed by atoms with Crippen molar-refractivity contribution in [3.63, 3.8) is 0 Å². The van der Waals surface area contributed by atoms with Gasteiger partial charge in [0.05, 0.1) is 19.3 Å². The standard InChI is InChI=1S/C13H14FN3O/c1-18-12-8-16-6-5-11(12)13(17-15)9-3-2-4-10(14)7-9/h2-8,13,17H,15H2,1H3. The van der Waals surface area contributed by atoms with Crippen LogP contribution in [0.5, 0.6) is 5.75 Å². The molecule has 1 atom stereocenters. The van der Waals surface area contributed by atoms with Crippen molar-refractivity contribution in [2.75, 3.05) is 7.11 Å². The highest BCUT2D eigenvalue weighted by Crippen LogP contribution is 2.28. The van der Waals surface area contributed by atoms with Crippen LogP contribution in [0.15, 0.2) is 42.7 Å². The summed E-state index contributed by atoms with van der Waals surface area (Å²) in [5, 5.41) is 0. The first-order chi connectivity index (χ1) is 8.76. The Morgan fingerprint density at radius 3 is 2.89 bits per heavy atom. The molecule has 3 N–H and O–H groups in total. The van der Waals surface area contributed by atoms with E-state index in [0.29, 0.717) is 5.75 Å². The molecule has 1 aromatic carbocycles. The van der Waals surface area contributed by atoms with Crippen LogP contribution in [-0.2, 0) is 0 Å². The van der Waals surface area contributed by atoms with Crippen molar-refractivity contribution in [1.29, 1.82) is 0 Å². The van der Waals surface area contributed by atoms with Gasteiger partial charge in [-0.2, -0.15) is 0 Å². The summed E-state index contributed by atoms with van der Waals surface area (Å²) in [4.78, 5) is 3.98. The molecule has 0 aliphatic carbocycles. The monoisotopic (exact) mass is 247 g/mol. The smallest absolute Gasteiger partial charge is 0.142 e. The minimum Gasteiger partial charge on any atom is -0.495 e. The number of ether oxygens (including phenoxy) is 1. The molecule has 0 spiro atoms. The van der Waals surface area contributed by atoms with E-state index in [9.17, 15) is 4.39 Å². The molecular weight excluding hydrogens is 233 g/mol. The number of nitrogens with one attached hydrogen (secondary N) is 1. The van der Waals surface area contributed by atoms with Gasteiger partial charge in [0.25, 0.3) is 0 Å². The lowest BCUT2D eigenvalue weighted by Crippen LogP contribution is -2.29. The molecule has 94 valence electrons. The summed E-state index contributed by atoms with van der Waals surface area (Å²) in [6, 6.07) is 7.70. The second-order valence-corrected chi connectivity index (χ2v) is 3.77. The zero-order valence-corrected chi connectivity index (χ0v) is 9.93. The van der Waals surface area contributed by atoms with E-state index >= 15 is 0 Å². The first kappa shape index (κ1) is 12.5. The summed E-state index contributed by atoms with van der Waals surface area (Å²) >= 11 is 0. The average molecular weight is 247 g/mol. The molecule has 0 bridgehead atoms. The van der Waals surface area contributed by atoms with Gasteiger partial charge < -0.3 is 4.74 Å². The normalized spacial score (nSPS) is 12.2. The van der Waals surface area contributed by atoms with Gasteiger partial charge in [-0.1, -0.05) is 12.1 Å². The number of benzene rings is 1. The van der Waals surface area contributed by atoms with Crippen LogP contribution in [0.3, 0.4) is 0 Å². The summed E-state index contributed by atoms with van der Waals surface area (Å²) < 4.78 is 18.5. The molecule has 18 heavy (non-hydrogen) atoms. The van der Waals surface area contributed by atoms with Crippen molar-refractivity contribution in [2.45, 2.75) is 6.04 Å². The van der Waals surface area contributed by atoms with Gasteiger partial charge in [0.2, 0.25) is 0 Å².